The van der Waals surface area contributed by atoms with Gasteiger partial charge in [0.15, 0.2) is 0 Å². The van der Waals surface area contributed by atoms with E-state index in [2.05, 4.69) is 175 Å². The highest BCUT2D eigenvalue weighted by Gasteiger charge is 2.42. The van der Waals surface area contributed by atoms with Crippen LogP contribution in [0.5, 0.6) is 0 Å². The quantitative estimate of drug-likeness (QED) is 0.190. The largest absolute Gasteiger partial charge is 0.309 e. The SMILES string of the molecule is CC1(c2ccccc2)C(c2ccccc2)=Nc2cc3c4ccccc4n(-c4ccc(Cc5ccc6ccccc6c5)cc4)c3cc21. The minimum absolute atomic E-state index is 0.392. The van der Waals surface area contributed by atoms with Crippen LogP contribution in [-0.4, -0.2) is 10.3 Å². The molecule has 1 atom stereocenters. The number of fused-ring (bicyclic) bond motifs is 5. The van der Waals surface area contributed by atoms with E-state index in [0.717, 1.165) is 29.1 Å². The Morgan fingerprint density at radius 2 is 1.22 bits per heavy atom. The van der Waals surface area contributed by atoms with Gasteiger partial charge < -0.3 is 4.57 Å². The van der Waals surface area contributed by atoms with Crippen LogP contribution in [0.3, 0.4) is 0 Å². The Morgan fingerprint density at radius 1 is 0.543 bits per heavy atom. The van der Waals surface area contributed by atoms with E-state index in [1.165, 1.54) is 54.8 Å². The first-order valence-corrected chi connectivity index (χ1v) is 16.0. The molecular formula is C44H32N2. The molecule has 0 fully saturated rings. The van der Waals surface area contributed by atoms with Gasteiger partial charge in [-0.2, -0.15) is 0 Å². The fraction of sp³-hybridized carbons (Fsp3) is 0.0682. The zero-order valence-corrected chi connectivity index (χ0v) is 25.7. The minimum atomic E-state index is -0.392. The third kappa shape index (κ3) is 4.14. The summed E-state index contributed by atoms with van der Waals surface area (Å²) in [4.78, 5) is 5.37. The van der Waals surface area contributed by atoms with E-state index < -0.39 is 5.41 Å². The molecule has 8 aromatic rings. The number of aromatic nitrogens is 1. The van der Waals surface area contributed by atoms with Gasteiger partial charge in [-0.15, -0.1) is 0 Å². The summed E-state index contributed by atoms with van der Waals surface area (Å²) in [6, 6.07) is 59.4. The van der Waals surface area contributed by atoms with Crippen LogP contribution in [0, 0.1) is 0 Å². The van der Waals surface area contributed by atoms with Crippen LogP contribution in [0.25, 0.3) is 38.3 Å². The lowest BCUT2D eigenvalue weighted by molar-refractivity contribution is 0.794. The van der Waals surface area contributed by atoms with Gasteiger partial charge in [-0.05, 0) is 82.3 Å². The maximum Gasteiger partial charge on any atom is 0.0686 e. The van der Waals surface area contributed by atoms with E-state index >= 15 is 0 Å². The van der Waals surface area contributed by atoms with E-state index in [9.17, 15) is 0 Å². The van der Waals surface area contributed by atoms with Crippen molar-refractivity contribution in [2.45, 2.75) is 18.8 Å². The van der Waals surface area contributed by atoms with Crippen molar-refractivity contribution in [1.29, 1.82) is 0 Å². The molecule has 2 heterocycles. The van der Waals surface area contributed by atoms with Gasteiger partial charge >= 0.3 is 0 Å². The van der Waals surface area contributed by atoms with Gasteiger partial charge in [-0.25, -0.2) is 0 Å². The predicted molar refractivity (Wildman–Crippen MR) is 193 cm³/mol. The van der Waals surface area contributed by atoms with Crippen LogP contribution in [0.2, 0.25) is 0 Å². The van der Waals surface area contributed by atoms with Gasteiger partial charge in [0.25, 0.3) is 0 Å². The molecule has 218 valence electrons. The van der Waals surface area contributed by atoms with Gasteiger partial charge in [0.05, 0.1) is 27.8 Å². The lowest BCUT2D eigenvalue weighted by Crippen LogP contribution is -2.31. The maximum atomic E-state index is 5.37. The van der Waals surface area contributed by atoms with Crippen LogP contribution < -0.4 is 0 Å². The molecule has 0 aliphatic carbocycles. The van der Waals surface area contributed by atoms with Gasteiger partial charge in [-0.3, -0.25) is 4.99 Å². The first-order chi connectivity index (χ1) is 22.7. The smallest absolute Gasteiger partial charge is 0.0686 e. The topological polar surface area (TPSA) is 17.3 Å². The Kier molecular flexibility index (Phi) is 6.04. The second-order valence-corrected chi connectivity index (χ2v) is 12.6. The molecule has 0 saturated carbocycles. The molecule has 46 heavy (non-hydrogen) atoms. The molecule has 1 aliphatic heterocycles. The summed E-state index contributed by atoms with van der Waals surface area (Å²) in [6.45, 7) is 2.33. The Hall–Kier alpha value is -5.73. The van der Waals surface area contributed by atoms with E-state index in [0.29, 0.717) is 0 Å². The average molecular weight is 589 g/mol. The van der Waals surface area contributed by atoms with Crippen molar-refractivity contribution in [1.82, 2.24) is 4.57 Å². The van der Waals surface area contributed by atoms with Crippen molar-refractivity contribution < 1.29 is 0 Å². The number of benzene rings is 7. The van der Waals surface area contributed by atoms with E-state index in [-0.39, 0.29) is 0 Å². The van der Waals surface area contributed by atoms with Gasteiger partial charge in [0.2, 0.25) is 0 Å². The second-order valence-electron chi connectivity index (χ2n) is 12.6. The molecule has 0 N–H and O–H groups in total. The number of rotatable bonds is 5. The van der Waals surface area contributed by atoms with Crippen molar-refractivity contribution in [3.63, 3.8) is 0 Å². The molecule has 0 amide bonds. The van der Waals surface area contributed by atoms with Crippen molar-refractivity contribution in [3.05, 3.63) is 192 Å². The Balaban J connectivity index is 1.19. The van der Waals surface area contributed by atoms with Crippen molar-refractivity contribution >= 4 is 44.0 Å². The third-order valence-electron chi connectivity index (χ3n) is 9.85. The molecule has 0 spiro atoms. The molecule has 0 radical (unpaired) electrons. The summed E-state index contributed by atoms with van der Waals surface area (Å²) < 4.78 is 2.43. The molecule has 1 aromatic heterocycles. The van der Waals surface area contributed by atoms with E-state index in [1.807, 2.05) is 0 Å². The van der Waals surface area contributed by atoms with E-state index in [4.69, 9.17) is 4.99 Å². The second kappa shape index (κ2) is 10.4. The van der Waals surface area contributed by atoms with E-state index in [1.54, 1.807) is 0 Å². The van der Waals surface area contributed by atoms with Crippen molar-refractivity contribution in [2.75, 3.05) is 0 Å². The Morgan fingerprint density at radius 3 is 2.02 bits per heavy atom. The fourth-order valence-electron chi connectivity index (χ4n) is 7.49. The molecule has 9 rings (SSSR count). The number of aliphatic imine (C=N–C) groups is 1. The normalized spacial score (nSPS) is 15.8. The molecule has 1 aliphatic rings. The highest BCUT2D eigenvalue weighted by atomic mass is 15.0. The first-order valence-electron chi connectivity index (χ1n) is 16.0. The molecule has 0 saturated heterocycles. The number of hydrogen-bond donors (Lipinski definition) is 0. The number of para-hydroxylation sites is 1. The zero-order valence-electron chi connectivity index (χ0n) is 25.7. The molecule has 0 bridgehead atoms. The molecule has 2 nitrogen and oxygen atoms in total. The van der Waals surface area contributed by atoms with Crippen LogP contribution in [0.4, 0.5) is 5.69 Å². The molecular weight excluding hydrogens is 556 g/mol. The van der Waals surface area contributed by atoms with Crippen LogP contribution in [0.1, 0.15) is 34.7 Å². The first kappa shape index (κ1) is 26.7. The minimum Gasteiger partial charge on any atom is -0.309 e. The van der Waals surface area contributed by atoms with Crippen molar-refractivity contribution in [2.24, 2.45) is 4.99 Å². The zero-order chi connectivity index (χ0) is 30.7. The third-order valence-corrected chi connectivity index (χ3v) is 9.85. The Labute approximate surface area is 268 Å². The molecule has 1 unspecified atom stereocenters. The van der Waals surface area contributed by atoms with Gasteiger partial charge in [0, 0.05) is 16.5 Å². The van der Waals surface area contributed by atoms with Crippen LogP contribution in [-0.2, 0) is 11.8 Å². The standard InChI is InChI=1S/C44H32N2/c1-44(35-16-6-3-7-17-35)39-29-42-38(28-40(39)45-43(44)33-13-4-2-5-14-33)37-18-10-11-19-41(37)46(42)36-24-21-30(22-25-36)26-31-20-23-32-12-8-9-15-34(32)27-31/h2-25,27-29H,26H2,1H3. The predicted octanol–water partition coefficient (Wildman–Crippen LogP) is 11.0. The summed E-state index contributed by atoms with van der Waals surface area (Å²) in [5, 5.41) is 5.04. The highest BCUT2D eigenvalue weighted by Crippen LogP contribution is 2.49. The van der Waals surface area contributed by atoms with Crippen LogP contribution in [0.15, 0.2) is 169 Å². The van der Waals surface area contributed by atoms with Gasteiger partial charge in [0.1, 0.15) is 0 Å². The summed E-state index contributed by atoms with van der Waals surface area (Å²) in [7, 11) is 0. The summed E-state index contributed by atoms with van der Waals surface area (Å²) in [6.07, 6.45) is 0.904. The Bertz CT molecular complexity index is 2430. The molecule has 7 aromatic carbocycles. The number of hydrogen-bond acceptors (Lipinski definition) is 1. The van der Waals surface area contributed by atoms with Crippen LogP contribution >= 0.6 is 0 Å². The average Bonchev–Trinajstić information content (AvgIpc) is 3.60. The molecule has 2 heteroatoms. The summed E-state index contributed by atoms with van der Waals surface area (Å²) >= 11 is 0. The lowest BCUT2D eigenvalue weighted by atomic mass is 9.71. The maximum absolute atomic E-state index is 5.37. The highest BCUT2D eigenvalue weighted by molar-refractivity contribution is 6.17. The number of nitrogens with zero attached hydrogens (tertiary/aromatic N) is 2. The fourth-order valence-corrected chi connectivity index (χ4v) is 7.49. The monoisotopic (exact) mass is 588 g/mol. The lowest BCUT2D eigenvalue weighted by Gasteiger charge is -2.29. The summed E-state index contributed by atoms with van der Waals surface area (Å²) in [5.41, 5.74) is 11.6. The van der Waals surface area contributed by atoms with Crippen molar-refractivity contribution in [3.8, 4) is 5.69 Å². The van der Waals surface area contributed by atoms with Gasteiger partial charge in [-0.1, -0.05) is 133 Å². The summed E-state index contributed by atoms with van der Waals surface area (Å²) in [5.74, 6) is 0.